The summed E-state index contributed by atoms with van der Waals surface area (Å²) in [6.45, 7) is 2.06. The molecule has 9 heteroatoms. The Balaban J connectivity index is 1.43. The molecule has 0 saturated heterocycles. The number of nitrogens with zero attached hydrogens (tertiary/aromatic N) is 3. The molecule has 3 aromatic rings. The lowest BCUT2D eigenvalue weighted by atomic mass is 9.90. The van der Waals surface area contributed by atoms with Crippen LogP contribution in [0.5, 0.6) is 0 Å². The van der Waals surface area contributed by atoms with Crippen LogP contribution >= 0.6 is 11.3 Å². The Kier molecular flexibility index (Phi) is 7.50. The van der Waals surface area contributed by atoms with Crippen LogP contribution in [-0.2, 0) is 9.53 Å². The Labute approximate surface area is 201 Å². The summed E-state index contributed by atoms with van der Waals surface area (Å²) in [6, 6.07) is 12.1. The summed E-state index contributed by atoms with van der Waals surface area (Å²) in [7, 11) is 0. The van der Waals surface area contributed by atoms with Crippen molar-refractivity contribution in [2.24, 2.45) is 0 Å². The third-order valence-corrected chi connectivity index (χ3v) is 6.58. The van der Waals surface area contributed by atoms with Gasteiger partial charge in [0.2, 0.25) is 5.13 Å². The summed E-state index contributed by atoms with van der Waals surface area (Å²) in [5.41, 5.74) is 1.09. The van der Waals surface area contributed by atoms with Gasteiger partial charge < -0.3 is 9.15 Å². The van der Waals surface area contributed by atoms with Crippen LogP contribution in [0.25, 0.3) is 17.4 Å². The molecule has 0 aliphatic heterocycles. The van der Waals surface area contributed by atoms with Gasteiger partial charge in [0.25, 0.3) is 5.91 Å². The van der Waals surface area contributed by atoms with Gasteiger partial charge in [-0.25, -0.2) is 4.79 Å². The van der Waals surface area contributed by atoms with Crippen molar-refractivity contribution in [1.82, 2.24) is 10.2 Å². The maximum atomic E-state index is 12.6. The minimum atomic E-state index is -0.564. The van der Waals surface area contributed by atoms with Gasteiger partial charge in [0, 0.05) is 17.6 Å². The standard InChI is InChI=1S/C25H24N4O4S/c1-2-32-24(31)18-10-8-16(9-11-18)21-13-12-20(33-21)14-19(15-26)22(30)27-25-29-28-23(34-25)17-6-4-3-5-7-17/h8-14,17H,2-7H2,1H3,(H,27,29,30)/b19-14-. The molecule has 0 bridgehead atoms. The van der Waals surface area contributed by atoms with Gasteiger partial charge in [-0.1, -0.05) is 42.7 Å². The summed E-state index contributed by atoms with van der Waals surface area (Å²) in [6.07, 6.45) is 7.20. The number of carbonyl (C=O) groups excluding carboxylic acids is 2. The van der Waals surface area contributed by atoms with Crippen molar-refractivity contribution < 1.29 is 18.7 Å². The van der Waals surface area contributed by atoms with Crippen LogP contribution in [0.3, 0.4) is 0 Å². The van der Waals surface area contributed by atoms with Gasteiger partial charge in [-0.2, -0.15) is 5.26 Å². The van der Waals surface area contributed by atoms with Crippen LogP contribution in [0.4, 0.5) is 5.13 Å². The van der Waals surface area contributed by atoms with Gasteiger partial charge in [-0.15, -0.1) is 10.2 Å². The van der Waals surface area contributed by atoms with Crippen molar-refractivity contribution in [3.8, 4) is 17.4 Å². The van der Waals surface area contributed by atoms with Crippen molar-refractivity contribution >= 4 is 34.4 Å². The molecule has 1 amide bonds. The minimum Gasteiger partial charge on any atom is -0.462 e. The van der Waals surface area contributed by atoms with Crippen molar-refractivity contribution in [3.05, 3.63) is 58.3 Å². The lowest BCUT2D eigenvalue weighted by molar-refractivity contribution is -0.112. The third-order valence-electron chi connectivity index (χ3n) is 5.57. The zero-order valence-electron chi connectivity index (χ0n) is 18.7. The van der Waals surface area contributed by atoms with Gasteiger partial charge in [0.05, 0.1) is 12.2 Å². The van der Waals surface area contributed by atoms with E-state index in [1.54, 1.807) is 43.3 Å². The number of hydrogen-bond acceptors (Lipinski definition) is 8. The molecule has 1 saturated carbocycles. The summed E-state index contributed by atoms with van der Waals surface area (Å²) >= 11 is 1.36. The Hall–Kier alpha value is -3.77. The molecule has 0 unspecified atom stereocenters. The highest BCUT2D eigenvalue weighted by molar-refractivity contribution is 7.15. The van der Waals surface area contributed by atoms with Gasteiger partial charge in [0.1, 0.15) is 28.2 Å². The number of ether oxygens (including phenoxy) is 1. The number of rotatable bonds is 7. The fourth-order valence-electron chi connectivity index (χ4n) is 3.83. The number of aromatic nitrogens is 2. The number of nitriles is 1. The molecule has 2 aromatic heterocycles. The maximum absolute atomic E-state index is 12.6. The van der Waals surface area contributed by atoms with E-state index in [2.05, 4.69) is 15.5 Å². The van der Waals surface area contributed by atoms with E-state index in [4.69, 9.17) is 9.15 Å². The van der Waals surface area contributed by atoms with Crippen LogP contribution in [-0.4, -0.2) is 28.7 Å². The molecule has 2 heterocycles. The Morgan fingerprint density at radius 3 is 2.65 bits per heavy atom. The number of amides is 1. The number of carbonyl (C=O) groups is 2. The molecule has 0 atom stereocenters. The fraction of sp³-hybridized carbons (Fsp3) is 0.320. The average Bonchev–Trinajstić information content (AvgIpc) is 3.53. The predicted molar refractivity (Wildman–Crippen MR) is 128 cm³/mol. The summed E-state index contributed by atoms with van der Waals surface area (Å²) in [4.78, 5) is 24.4. The highest BCUT2D eigenvalue weighted by Crippen LogP contribution is 2.35. The van der Waals surface area contributed by atoms with Crippen LogP contribution in [0.1, 0.15) is 66.1 Å². The molecular weight excluding hydrogens is 452 g/mol. The smallest absolute Gasteiger partial charge is 0.338 e. The molecule has 1 N–H and O–H groups in total. The quantitative estimate of drug-likeness (QED) is 0.269. The molecular formula is C25H24N4O4S. The first kappa shape index (κ1) is 23.4. The fourth-order valence-corrected chi connectivity index (χ4v) is 4.73. The number of benzene rings is 1. The van der Waals surface area contributed by atoms with Gasteiger partial charge in [0.15, 0.2) is 0 Å². The van der Waals surface area contributed by atoms with Crippen molar-refractivity contribution in [2.45, 2.75) is 44.9 Å². The predicted octanol–water partition coefficient (Wildman–Crippen LogP) is 5.57. The molecule has 1 fully saturated rings. The zero-order valence-corrected chi connectivity index (χ0v) is 19.6. The molecule has 1 aliphatic rings. The highest BCUT2D eigenvalue weighted by atomic mass is 32.1. The van der Waals surface area contributed by atoms with E-state index in [0.717, 1.165) is 23.4 Å². The van der Waals surface area contributed by atoms with E-state index in [0.29, 0.717) is 34.7 Å². The third kappa shape index (κ3) is 5.58. The monoisotopic (exact) mass is 476 g/mol. The number of nitrogens with one attached hydrogen (secondary N) is 1. The first-order valence-electron chi connectivity index (χ1n) is 11.2. The van der Waals surface area contributed by atoms with Crippen LogP contribution in [0.15, 0.2) is 46.4 Å². The molecule has 0 spiro atoms. The second-order valence-electron chi connectivity index (χ2n) is 7.90. The minimum absolute atomic E-state index is 0.104. The number of furan rings is 1. The Morgan fingerprint density at radius 2 is 1.94 bits per heavy atom. The van der Waals surface area contributed by atoms with Gasteiger partial charge >= 0.3 is 5.97 Å². The molecule has 8 nitrogen and oxygen atoms in total. The SMILES string of the molecule is CCOC(=O)c1ccc(-c2ccc(/C=C(/C#N)C(=O)Nc3nnc(C4CCCCC4)s3)o2)cc1. The van der Waals surface area contributed by atoms with Crippen LogP contribution in [0, 0.1) is 11.3 Å². The molecule has 34 heavy (non-hydrogen) atoms. The molecule has 4 rings (SSSR count). The Bertz CT molecular complexity index is 1230. The topological polar surface area (TPSA) is 118 Å². The first-order valence-corrected chi connectivity index (χ1v) is 12.0. The number of anilines is 1. The van der Waals surface area contributed by atoms with Gasteiger partial charge in [-0.3, -0.25) is 10.1 Å². The van der Waals surface area contributed by atoms with Crippen molar-refractivity contribution in [1.29, 1.82) is 5.26 Å². The van der Waals surface area contributed by atoms with E-state index >= 15 is 0 Å². The second kappa shape index (κ2) is 10.9. The zero-order chi connectivity index (χ0) is 23.9. The highest BCUT2D eigenvalue weighted by Gasteiger charge is 2.21. The van der Waals surface area contributed by atoms with E-state index < -0.39 is 5.91 Å². The van der Waals surface area contributed by atoms with Crippen molar-refractivity contribution in [3.63, 3.8) is 0 Å². The largest absolute Gasteiger partial charge is 0.462 e. The molecule has 174 valence electrons. The maximum Gasteiger partial charge on any atom is 0.338 e. The van der Waals surface area contributed by atoms with E-state index in [9.17, 15) is 14.9 Å². The lowest BCUT2D eigenvalue weighted by Gasteiger charge is -2.18. The van der Waals surface area contributed by atoms with E-state index in [1.807, 2.05) is 6.07 Å². The van der Waals surface area contributed by atoms with Gasteiger partial charge in [-0.05, 0) is 44.0 Å². The second-order valence-corrected chi connectivity index (χ2v) is 8.91. The van der Waals surface area contributed by atoms with E-state index in [1.165, 1.54) is 36.7 Å². The molecule has 1 aromatic carbocycles. The number of hydrogen-bond donors (Lipinski definition) is 1. The molecule has 1 aliphatic carbocycles. The Morgan fingerprint density at radius 1 is 1.18 bits per heavy atom. The van der Waals surface area contributed by atoms with E-state index in [-0.39, 0.29) is 11.5 Å². The number of esters is 1. The van der Waals surface area contributed by atoms with Crippen molar-refractivity contribution in [2.75, 3.05) is 11.9 Å². The summed E-state index contributed by atoms with van der Waals surface area (Å²) in [5.74, 6) is 0.348. The lowest BCUT2D eigenvalue weighted by Crippen LogP contribution is -2.13. The first-order chi connectivity index (χ1) is 16.6. The summed E-state index contributed by atoms with van der Waals surface area (Å²) < 4.78 is 10.8. The average molecular weight is 477 g/mol. The van der Waals surface area contributed by atoms with Crippen LogP contribution < -0.4 is 5.32 Å². The molecule has 0 radical (unpaired) electrons. The normalized spacial score (nSPS) is 14.4. The van der Waals surface area contributed by atoms with Crippen LogP contribution in [0.2, 0.25) is 0 Å². The summed E-state index contributed by atoms with van der Waals surface area (Å²) in [5, 5.41) is 21.8.